The molecule has 0 aromatic rings. The van der Waals surface area contributed by atoms with Crippen molar-refractivity contribution in [3.63, 3.8) is 0 Å². The van der Waals surface area contributed by atoms with Gasteiger partial charge in [0.15, 0.2) is 0 Å². The van der Waals surface area contributed by atoms with Gasteiger partial charge in [-0.25, -0.2) is 0 Å². The highest BCUT2D eigenvalue weighted by Gasteiger charge is 2.12. The zero-order chi connectivity index (χ0) is 8.15. The van der Waals surface area contributed by atoms with Gasteiger partial charge in [-0.1, -0.05) is 13.8 Å². The van der Waals surface area contributed by atoms with E-state index in [2.05, 4.69) is 19.2 Å². The van der Waals surface area contributed by atoms with Gasteiger partial charge in [0.1, 0.15) is 5.78 Å². The van der Waals surface area contributed by atoms with Crippen molar-refractivity contribution in [3.05, 3.63) is 0 Å². The Morgan fingerprint density at radius 2 is 2.00 bits per heavy atom. The van der Waals surface area contributed by atoms with Crippen LogP contribution in [0, 0.1) is 5.92 Å². The first-order valence-corrected chi connectivity index (χ1v) is 3.75. The molecule has 0 bridgehead atoms. The molecule has 2 heteroatoms. The lowest BCUT2D eigenvalue weighted by atomic mass is 10.0. The van der Waals surface area contributed by atoms with Crippen LogP contribution in [-0.4, -0.2) is 18.9 Å². The van der Waals surface area contributed by atoms with Crippen molar-refractivity contribution in [1.82, 2.24) is 5.32 Å². The second-order valence-corrected chi connectivity index (χ2v) is 3.08. The summed E-state index contributed by atoms with van der Waals surface area (Å²) in [6.07, 6.45) is 0.936. The van der Waals surface area contributed by atoms with Crippen molar-refractivity contribution in [2.45, 2.75) is 33.2 Å². The molecule has 1 N–H and O–H groups in total. The quantitative estimate of drug-likeness (QED) is 0.641. The Morgan fingerprint density at radius 3 is 2.10 bits per heavy atom. The summed E-state index contributed by atoms with van der Waals surface area (Å²) in [5.41, 5.74) is 0. The highest BCUT2D eigenvalue weighted by molar-refractivity contribution is 5.81. The molecular formula is C8H17NO. The summed E-state index contributed by atoms with van der Waals surface area (Å²) in [5, 5.41) is 2.98. The van der Waals surface area contributed by atoms with E-state index in [9.17, 15) is 4.79 Å². The van der Waals surface area contributed by atoms with Gasteiger partial charge in [0, 0.05) is 0 Å². The van der Waals surface area contributed by atoms with E-state index in [-0.39, 0.29) is 11.8 Å². The molecule has 0 amide bonds. The average molecular weight is 143 g/mol. The van der Waals surface area contributed by atoms with E-state index < -0.39 is 0 Å². The van der Waals surface area contributed by atoms with Crippen LogP contribution in [0.3, 0.4) is 0 Å². The van der Waals surface area contributed by atoms with Crippen LogP contribution < -0.4 is 5.32 Å². The largest absolute Gasteiger partial charge is 0.311 e. The molecule has 0 rings (SSSR count). The molecule has 0 aromatic heterocycles. The van der Waals surface area contributed by atoms with Gasteiger partial charge in [-0.3, -0.25) is 4.79 Å². The molecule has 60 valence electrons. The molecule has 0 saturated carbocycles. The smallest absolute Gasteiger partial charge is 0.146 e. The summed E-state index contributed by atoms with van der Waals surface area (Å²) in [4.78, 5) is 10.8. The number of carbonyl (C=O) groups excluding carboxylic acids is 1. The number of Topliss-reactive ketones (excluding diaryl/α,β-unsaturated/α-hetero) is 1. The SMILES string of the molecule is CN[C@H](CC(C)C)C(C)=O. The van der Waals surface area contributed by atoms with Gasteiger partial charge in [-0.2, -0.15) is 0 Å². The number of carbonyl (C=O) groups is 1. The summed E-state index contributed by atoms with van der Waals surface area (Å²) >= 11 is 0. The molecule has 0 heterocycles. The van der Waals surface area contributed by atoms with Crippen molar-refractivity contribution in [3.8, 4) is 0 Å². The lowest BCUT2D eigenvalue weighted by Crippen LogP contribution is -2.33. The lowest BCUT2D eigenvalue weighted by molar-refractivity contribution is -0.119. The fourth-order valence-electron chi connectivity index (χ4n) is 0.958. The normalized spacial score (nSPS) is 13.7. The van der Waals surface area contributed by atoms with Crippen molar-refractivity contribution in [2.24, 2.45) is 5.92 Å². The van der Waals surface area contributed by atoms with E-state index in [0.29, 0.717) is 5.92 Å². The maximum atomic E-state index is 10.8. The predicted octanol–water partition coefficient (Wildman–Crippen LogP) is 1.21. The number of hydrogen-bond donors (Lipinski definition) is 1. The Morgan fingerprint density at radius 1 is 1.50 bits per heavy atom. The van der Waals surface area contributed by atoms with Crippen LogP contribution >= 0.6 is 0 Å². The first kappa shape index (κ1) is 9.63. The highest BCUT2D eigenvalue weighted by Crippen LogP contribution is 2.04. The number of likely N-dealkylation sites (N-methyl/N-ethyl adjacent to an activating group) is 1. The third-order valence-electron chi connectivity index (χ3n) is 1.55. The molecule has 1 atom stereocenters. The van der Waals surface area contributed by atoms with Crippen LogP contribution in [0.1, 0.15) is 27.2 Å². The molecule has 0 aliphatic heterocycles. The maximum absolute atomic E-state index is 10.8. The van der Waals surface area contributed by atoms with Crippen molar-refractivity contribution in [1.29, 1.82) is 0 Å². The lowest BCUT2D eigenvalue weighted by Gasteiger charge is -2.14. The average Bonchev–Trinajstić information content (AvgIpc) is 1.81. The van der Waals surface area contributed by atoms with Crippen molar-refractivity contribution in [2.75, 3.05) is 7.05 Å². The highest BCUT2D eigenvalue weighted by atomic mass is 16.1. The monoisotopic (exact) mass is 143 g/mol. The Bertz CT molecular complexity index is 110. The number of nitrogens with one attached hydrogen (secondary N) is 1. The third-order valence-corrected chi connectivity index (χ3v) is 1.55. The second-order valence-electron chi connectivity index (χ2n) is 3.08. The van der Waals surface area contributed by atoms with Gasteiger partial charge in [0.2, 0.25) is 0 Å². The Balaban J connectivity index is 3.72. The number of ketones is 1. The maximum Gasteiger partial charge on any atom is 0.146 e. The Kier molecular flexibility index (Phi) is 4.28. The van der Waals surface area contributed by atoms with E-state index in [1.54, 1.807) is 6.92 Å². The molecular weight excluding hydrogens is 126 g/mol. The summed E-state index contributed by atoms with van der Waals surface area (Å²) in [7, 11) is 1.83. The zero-order valence-electron chi connectivity index (χ0n) is 7.27. The molecule has 10 heavy (non-hydrogen) atoms. The minimum atomic E-state index is 0.0556. The minimum Gasteiger partial charge on any atom is -0.311 e. The first-order valence-electron chi connectivity index (χ1n) is 3.75. The third kappa shape index (κ3) is 3.62. The van der Waals surface area contributed by atoms with Crippen LogP contribution in [0.4, 0.5) is 0 Å². The van der Waals surface area contributed by atoms with Crippen molar-refractivity contribution >= 4 is 5.78 Å². The van der Waals surface area contributed by atoms with Gasteiger partial charge in [0.05, 0.1) is 6.04 Å². The van der Waals surface area contributed by atoms with Crippen molar-refractivity contribution < 1.29 is 4.79 Å². The fourth-order valence-corrected chi connectivity index (χ4v) is 0.958. The summed E-state index contributed by atoms with van der Waals surface area (Å²) < 4.78 is 0. The van der Waals surface area contributed by atoms with E-state index in [1.165, 1.54) is 0 Å². The van der Waals surface area contributed by atoms with Gasteiger partial charge in [-0.05, 0) is 26.3 Å². The minimum absolute atomic E-state index is 0.0556. The number of rotatable bonds is 4. The van der Waals surface area contributed by atoms with Gasteiger partial charge in [0.25, 0.3) is 0 Å². The van der Waals surface area contributed by atoms with E-state index in [4.69, 9.17) is 0 Å². The van der Waals surface area contributed by atoms with Gasteiger partial charge >= 0.3 is 0 Å². The first-order chi connectivity index (χ1) is 4.57. The summed E-state index contributed by atoms with van der Waals surface area (Å²) in [6.45, 7) is 5.87. The van der Waals surface area contributed by atoms with Crippen LogP contribution in [0.2, 0.25) is 0 Å². The van der Waals surface area contributed by atoms with Gasteiger partial charge in [-0.15, -0.1) is 0 Å². The molecule has 0 radical (unpaired) electrons. The molecule has 0 spiro atoms. The summed E-state index contributed by atoms with van der Waals surface area (Å²) in [6, 6.07) is 0.0556. The molecule has 0 fully saturated rings. The molecule has 0 aliphatic carbocycles. The van der Waals surface area contributed by atoms with Crippen LogP contribution in [-0.2, 0) is 4.79 Å². The number of hydrogen-bond acceptors (Lipinski definition) is 2. The standard InChI is InChI=1S/C8H17NO/c1-6(2)5-8(9-4)7(3)10/h6,8-9H,5H2,1-4H3/t8-/m1/s1. The second kappa shape index (κ2) is 4.45. The predicted molar refractivity (Wildman–Crippen MR) is 43.0 cm³/mol. The summed E-state index contributed by atoms with van der Waals surface area (Å²) in [5.74, 6) is 0.817. The molecule has 0 unspecified atom stereocenters. The van der Waals surface area contributed by atoms with Crippen LogP contribution in [0.5, 0.6) is 0 Å². The molecule has 0 aliphatic rings. The van der Waals surface area contributed by atoms with E-state index in [0.717, 1.165) is 6.42 Å². The topological polar surface area (TPSA) is 29.1 Å². The Hall–Kier alpha value is -0.370. The van der Waals surface area contributed by atoms with Crippen LogP contribution in [0.25, 0.3) is 0 Å². The molecule has 2 nitrogen and oxygen atoms in total. The molecule has 0 saturated heterocycles. The zero-order valence-corrected chi connectivity index (χ0v) is 7.27. The van der Waals surface area contributed by atoms with Crippen LogP contribution in [0.15, 0.2) is 0 Å². The van der Waals surface area contributed by atoms with Gasteiger partial charge < -0.3 is 5.32 Å². The fraction of sp³-hybridized carbons (Fsp3) is 0.875. The molecule has 0 aromatic carbocycles. The van der Waals surface area contributed by atoms with E-state index >= 15 is 0 Å². The van der Waals surface area contributed by atoms with E-state index in [1.807, 2.05) is 7.05 Å². The Labute approximate surface area is 63.0 Å².